The molecule has 0 unspecified atom stereocenters. The van der Waals surface area contributed by atoms with E-state index in [1.807, 2.05) is 48.5 Å². The molecule has 2 nitrogen and oxygen atoms in total. The lowest BCUT2D eigenvalue weighted by atomic mass is 10.0. The number of carbonyl (C=O) groups is 1. The first-order valence-electron chi connectivity index (χ1n) is 8.25. The van der Waals surface area contributed by atoms with Gasteiger partial charge in [-0.25, -0.2) is 4.79 Å². The van der Waals surface area contributed by atoms with Crippen molar-refractivity contribution in [2.24, 2.45) is 0 Å². The van der Waals surface area contributed by atoms with E-state index in [0.717, 1.165) is 17.5 Å². The summed E-state index contributed by atoms with van der Waals surface area (Å²) in [5.74, 6) is -0.315. The Labute approximate surface area is 138 Å². The highest BCUT2D eigenvalue weighted by molar-refractivity contribution is 5.87. The fraction of sp³-hybridized carbons (Fsp3) is 0.286. The van der Waals surface area contributed by atoms with Gasteiger partial charge in [0.05, 0.1) is 0 Å². The van der Waals surface area contributed by atoms with Crippen LogP contribution in [0.15, 0.2) is 60.7 Å². The van der Waals surface area contributed by atoms with Gasteiger partial charge >= 0.3 is 5.97 Å². The Kier molecular flexibility index (Phi) is 7.12. The van der Waals surface area contributed by atoms with Gasteiger partial charge in [0.25, 0.3) is 0 Å². The average Bonchev–Trinajstić information content (AvgIpc) is 2.60. The van der Waals surface area contributed by atoms with Gasteiger partial charge in [-0.1, -0.05) is 74.4 Å². The molecule has 2 aromatic carbocycles. The van der Waals surface area contributed by atoms with Gasteiger partial charge < -0.3 is 4.74 Å². The molecule has 0 bridgehead atoms. The van der Waals surface area contributed by atoms with E-state index < -0.39 is 0 Å². The number of rotatable bonds is 8. The molecule has 0 saturated carbocycles. The molecule has 0 fully saturated rings. The maximum Gasteiger partial charge on any atom is 0.331 e. The van der Waals surface area contributed by atoms with Gasteiger partial charge in [0, 0.05) is 6.08 Å². The molecule has 120 valence electrons. The number of ether oxygens (including phenoxy) is 1. The summed E-state index contributed by atoms with van der Waals surface area (Å²) in [5.41, 5.74) is 3.35. The minimum atomic E-state index is -0.315. The number of aryl methyl sites for hydroxylation is 1. The van der Waals surface area contributed by atoms with Gasteiger partial charge in [-0.05, 0) is 35.6 Å². The summed E-state index contributed by atoms with van der Waals surface area (Å²) in [6.45, 7) is 2.52. The van der Waals surface area contributed by atoms with E-state index in [-0.39, 0.29) is 5.97 Å². The predicted molar refractivity (Wildman–Crippen MR) is 94.9 cm³/mol. The summed E-state index contributed by atoms with van der Waals surface area (Å²) in [5, 5.41) is 0. The van der Waals surface area contributed by atoms with Crippen molar-refractivity contribution in [3.8, 4) is 0 Å². The lowest BCUT2D eigenvalue weighted by Gasteiger charge is -2.03. The van der Waals surface area contributed by atoms with Gasteiger partial charge in [0.1, 0.15) is 6.61 Å². The van der Waals surface area contributed by atoms with Crippen LogP contribution < -0.4 is 0 Å². The van der Waals surface area contributed by atoms with Crippen LogP contribution in [0.25, 0.3) is 6.08 Å². The molecular formula is C21H24O2. The molecule has 0 radical (unpaired) electrons. The zero-order valence-corrected chi connectivity index (χ0v) is 13.7. The second-order valence-electron chi connectivity index (χ2n) is 5.63. The second kappa shape index (κ2) is 9.62. The first-order valence-corrected chi connectivity index (χ1v) is 8.25. The van der Waals surface area contributed by atoms with Crippen LogP contribution in [-0.2, 0) is 22.6 Å². The predicted octanol–water partition coefficient (Wildman–Crippen LogP) is 5.18. The average molecular weight is 308 g/mol. The third-order valence-corrected chi connectivity index (χ3v) is 3.66. The van der Waals surface area contributed by atoms with Crippen LogP contribution in [0.2, 0.25) is 0 Å². The number of hydrogen-bond donors (Lipinski definition) is 0. The minimum Gasteiger partial charge on any atom is -0.458 e. The van der Waals surface area contributed by atoms with Gasteiger partial charge in [-0.3, -0.25) is 0 Å². The Morgan fingerprint density at radius 3 is 2.57 bits per heavy atom. The zero-order valence-electron chi connectivity index (χ0n) is 13.7. The van der Waals surface area contributed by atoms with Crippen molar-refractivity contribution < 1.29 is 9.53 Å². The largest absolute Gasteiger partial charge is 0.458 e. The van der Waals surface area contributed by atoms with Gasteiger partial charge in [-0.15, -0.1) is 0 Å². The monoisotopic (exact) mass is 308 g/mol. The molecule has 0 spiro atoms. The van der Waals surface area contributed by atoms with Crippen molar-refractivity contribution in [1.29, 1.82) is 0 Å². The summed E-state index contributed by atoms with van der Waals surface area (Å²) in [6.07, 6.45) is 8.10. The maximum absolute atomic E-state index is 11.8. The molecule has 2 heteroatoms. The van der Waals surface area contributed by atoms with Crippen LogP contribution in [0.5, 0.6) is 0 Å². The summed E-state index contributed by atoms with van der Waals surface area (Å²) in [6, 6.07) is 18.0. The van der Waals surface area contributed by atoms with Crippen LogP contribution >= 0.6 is 0 Å². The third kappa shape index (κ3) is 6.52. The van der Waals surface area contributed by atoms with Crippen molar-refractivity contribution in [3.05, 3.63) is 77.4 Å². The summed E-state index contributed by atoms with van der Waals surface area (Å²) in [4.78, 5) is 11.8. The first kappa shape index (κ1) is 17.0. The topological polar surface area (TPSA) is 26.3 Å². The number of carbonyl (C=O) groups excluding carboxylic acids is 1. The van der Waals surface area contributed by atoms with Crippen LogP contribution in [0.1, 0.15) is 42.9 Å². The van der Waals surface area contributed by atoms with Crippen molar-refractivity contribution in [2.75, 3.05) is 0 Å². The minimum absolute atomic E-state index is 0.307. The number of unbranched alkanes of at least 4 members (excludes halogenated alkanes) is 2. The van der Waals surface area contributed by atoms with E-state index >= 15 is 0 Å². The molecule has 2 rings (SSSR count). The molecule has 0 aliphatic carbocycles. The third-order valence-electron chi connectivity index (χ3n) is 3.66. The molecule has 0 saturated heterocycles. The molecule has 2 aromatic rings. The van der Waals surface area contributed by atoms with Crippen molar-refractivity contribution in [3.63, 3.8) is 0 Å². The van der Waals surface area contributed by atoms with E-state index in [2.05, 4.69) is 19.1 Å². The Bertz CT molecular complexity index is 629. The Morgan fingerprint density at radius 1 is 1.00 bits per heavy atom. The molecule has 0 aliphatic rings. The Hall–Kier alpha value is -2.35. The van der Waals surface area contributed by atoms with E-state index in [1.165, 1.54) is 30.9 Å². The van der Waals surface area contributed by atoms with Gasteiger partial charge in [-0.2, -0.15) is 0 Å². The molecule has 0 aliphatic heterocycles. The fourth-order valence-corrected chi connectivity index (χ4v) is 2.37. The van der Waals surface area contributed by atoms with Crippen LogP contribution in [0, 0.1) is 0 Å². The normalized spacial score (nSPS) is 10.8. The zero-order chi connectivity index (χ0) is 16.3. The Balaban J connectivity index is 1.84. The van der Waals surface area contributed by atoms with Gasteiger partial charge in [0.2, 0.25) is 0 Å². The quantitative estimate of drug-likeness (QED) is 0.382. The molecule has 0 atom stereocenters. The van der Waals surface area contributed by atoms with Crippen molar-refractivity contribution in [1.82, 2.24) is 0 Å². The van der Waals surface area contributed by atoms with E-state index in [9.17, 15) is 4.79 Å². The standard InChI is InChI=1S/C21H24O2/c1-2-3-5-9-18-12-8-13-19(16-18)14-15-21(22)23-17-20-10-6-4-7-11-20/h4,6-8,10-16H,2-3,5,9,17H2,1H3. The van der Waals surface area contributed by atoms with Crippen LogP contribution in [0.3, 0.4) is 0 Å². The van der Waals surface area contributed by atoms with Crippen molar-refractivity contribution >= 4 is 12.0 Å². The summed E-state index contributed by atoms with van der Waals surface area (Å²) in [7, 11) is 0. The molecule has 0 N–H and O–H groups in total. The van der Waals surface area contributed by atoms with Crippen LogP contribution in [0.4, 0.5) is 0 Å². The highest BCUT2D eigenvalue weighted by Gasteiger charge is 1.99. The molecule has 0 amide bonds. The van der Waals surface area contributed by atoms with E-state index in [4.69, 9.17) is 4.74 Å². The lowest BCUT2D eigenvalue weighted by molar-refractivity contribution is -0.138. The SMILES string of the molecule is CCCCCc1cccc(C=CC(=O)OCc2ccccc2)c1. The summed E-state index contributed by atoms with van der Waals surface area (Å²) >= 11 is 0. The number of hydrogen-bond acceptors (Lipinski definition) is 2. The number of esters is 1. The van der Waals surface area contributed by atoms with Crippen molar-refractivity contribution in [2.45, 2.75) is 39.2 Å². The van der Waals surface area contributed by atoms with Crippen LogP contribution in [-0.4, -0.2) is 5.97 Å². The number of benzene rings is 2. The van der Waals surface area contributed by atoms with Gasteiger partial charge in [0.15, 0.2) is 0 Å². The Morgan fingerprint density at radius 2 is 1.78 bits per heavy atom. The molecule has 23 heavy (non-hydrogen) atoms. The maximum atomic E-state index is 11.8. The fourth-order valence-electron chi connectivity index (χ4n) is 2.37. The summed E-state index contributed by atoms with van der Waals surface area (Å²) < 4.78 is 5.23. The molecular weight excluding hydrogens is 284 g/mol. The first-order chi connectivity index (χ1) is 11.3. The highest BCUT2D eigenvalue weighted by atomic mass is 16.5. The van der Waals surface area contributed by atoms with E-state index in [0.29, 0.717) is 6.61 Å². The molecule has 0 heterocycles. The lowest BCUT2D eigenvalue weighted by Crippen LogP contribution is -2.00. The smallest absolute Gasteiger partial charge is 0.331 e. The molecule has 0 aromatic heterocycles. The van der Waals surface area contributed by atoms with E-state index in [1.54, 1.807) is 0 Å². The highest BCUT2D eigenvalue weighted by Crippen LogP contribution is 2.11. The second-order valence-corrected chi connectivity index (χ2v) is 5.63.